The number of nitrogens with zero attached hydrogens (tertiary/aromatic N) is 1. The molecule has 5 heteroatoms. The molecule has 20 heavy (non-hydrogen) atoms. The summed E-state index contributed by atoms with van der Waals surface area (Å²) in [5, 5.41) is 17.7. The van der Waals surface area contributed by atoms with Gasteiger partial charge < -0.3 is 10.2 Å². The second-order valence-corrected chi connectivity index (χ2v) is 5.05. The number of halogens is 2. The number of aliphatic hydroxyl groups excluding tert-OH is 1. The predicted molar refractivity (Wildman–Crippen MR) is 86.7 cm³/mol. The van der Waals surface area contributed by atoms with Crippen LogP contribution in [0.25, 0.3) is 0 Å². The molecule has 0 amide bonds. The Hall–Kier alpha value is -0.480. The first-order chi connectivity index (χ1) is 9.66. The molecule has 1 aromatic rings. The molecule has 1 saturated heterocycles. The fourth-order valence-corrected chi connectivity index (χ4v) is 2.41. The largest absolute Gasteiger partial charge is 0.508 e. The van der Waals surface area contributed by atoms with Gasteiger partial charge in [0.05, 0.1) is 10.0 Å². The first-order valence-corrected chi connectivity index (χ1v) is 7.76. The van der Waals surface area contributed by atoms with Gasteiger partial charge in [-0.05, 0) is 32.0 Å². The fraction of sp³-hybridized carbons (Fsp3) is 0.600. The lowest BCUT2D eigenvalue weighted by Crippen LogP contribution is -2.29. The molecule has 1 heterocycles. The summed E-state index contributed by atoms with van der Waals surface area (Å²) in [5.74, 6) is 0.236. The van der Waals surface area contributed by atoms with Gasteiger partial charge in [-0.1, -0.05) is 43.5 Å². The van der Waals surface area contributed by atoms with Crippen LogP contribution in [-0.2, 0) is 6.54 Å². The highest BCUT2D eigenvalue weighted by Crippen LogP contribution is 2.30. The number of benzene rings is 1. The lowest BCUT2D eigenvalue weighted by atomic mass is 10.1. The van der Waals surface area contributed by atoms with Crippen molar-refractivity contribution in [2.24, 2.45) is 0 Å². The zero-order valence-corrected chi connectivity index (χ0v) is 14.0. The van der Waals surface area contributed by atoms with Gasteiger partial charge in [0.15, 0.2) is 0 Å². The molecule has 1 aromatic carbocycles. The van der Waals surface area contributed by atoms with E-state index in [0.717, 1.165) is 32.3 Å². The standard InChI is InChI=1S/C12H15Cl2NO.C2H6.CH4O/c13-10-6-9(12(16)7-11(10)14)8-15-4-2-1-3-5-15;2*1-2/h6-7,16H,1-5,8H2;1-2H3;2H,1H3. The average molecular weight is 322 g/mol. The minimum Gasteiger partial charge on any atom is -0.508 e. The number of hydrogen-bond acceptors (Lipinski definition) is 3. The topological polar surface area (TPSA) is 43.7 Å². The molecule has 0 atom stereocenters. The molecule has 1 aliphatic rings. The molecule has 0 saturated carbocycles. The Morgan fingerprint density at radius 2 is 1.50 bits per heavy atom. The SMILES string of the molecule is CC.CO.Oc1cc(Cl)c(Cl)cc1CN1CCCCC1. The van der Waals surface area contributed by atoms with Crippen molar-refractivity contribution < 1.29 is 10.2 Å². The highest BCUT2D eigenvalue weighted by atomic mass is 35.5. The summed E-state index contributed by atoms with van der Waals surface area (Å²) >= 11 is 11.8. The average Bonchev–Trinajstić information content (AvgIpc) is 2.50. The zero-order valence-electron chi connectivity index (χ0n) is 12.5. The number of likely N-dealkylation sites (tertiary alicyclic amines) is 1. The molecule has 116 valence electrons. The number of rotatable bonds is 2. The zero-order chi connectivity index (χ0) is 15.5. The molecular formula is C15H25Cl2NO2. The van der Waals surface area contributed by atoms with Gasteiger partial charge >= 0.3 is 0 Å². The molecular weight excluding hydrogens is 297 g/mol. The third-order valence-electron chi connectivity index (χ3n) is 2.96. The third kappa shape index (κ3) is 6.31. The number of piperidine rings is 1. The van der Waals surface area contributed by atoms with Crippen molar-refractivity contribution in [2.75, 3.05) is 20.2 Å². The lowest BCUT2D eigenvalue weighted by Gasteiger charge is -2.26. The number of phenols is 1. The summed E-state index contributed by atoms with van der Waals surface area (Å²) in [6.07, 6.45) is 3.79. The monoisotopic (exact) mass is 321 g/mol. The van der Waals surface area contributed by atoms with E-state index in [1.54, 1.807) is 6.07 Å². The maximum absolute atomic E-state index is 9.78. The fourth-order valence-electron chi connectivity index (χ4n) is 2.06. The van der Waals surface area contributed by atoms with Gasteiger partial charge in [-0.2, -0.15) is 0 Å². The van der Waals surface area contributed by atoms with E-state index in [0.29, 0.717) is 10.0 Å². The van der Waals surface area contributed by atoms with Gasteiger partial charge in [-0.25, -0.2) is 0 Å². The number of phenolic OH excluding ortho intramolecular Hbond substituents is 1. The van der Waals surface area contributed by atoms with Crippen LogP contribution in [-0.4, -0.2) is 35.3 Å². The first kappa shape index (κ1) is 19.5. The van der Waals surface area contributed by atoms with Gasteiger partial charge in [-0.3, -0.25) is 4.90 Å². The molecule has 0 unspecified atom stereocenters. The lowest BCUT2D eigenvalue weighted by molar-refractivity contribution is 0.218. The van der Waals surface area contributed by atoms with Crippen molar-refractivity contribution in [2.45, 2.75) is 39.7 Å². The van der Waals surface area contributed by atoms with Crippen molar-refractivity contribution >= 4 is 23.2 Å². The minimum atomic E-state index is 0.236. The van der Waals surface area contributed by atoms with Crippen LogP contribution in [0.5, 0.6) is 5.75 Å². The molecule has 0 aromatic heterocycles. The van der Waals surface area contributed by atoms with Gasteiger partial charge in [0.2, 0.25) is 0 Å². The summed E-state index contributed by atoms with van der Waals surface area (Å²) in [4.78, 5) is 2.34. The minimum absolute atomic E-state index is 0.236. The van der Waals surface area contributed by atoms with Crippen LogP contribution < -0.4 is 0 Å². The van der Waals surface area contributed by atoms with E-state index in [2.05, 4.69) is 4.90 Å². The Balaban J connectivity index is 0.000000829. The van der Waals surface area contributed by atoms with Gasteiger partial charge in [0.1, 0.15) is 5.75 Å². The van der Waals surface area contributed by atoms with E-state index in [1.807, 2.05) is 13.8 Å². The maximum atomic E-state index is 9.78. The summed E-state index contributed by atoms with van der Waals surface area (Å²) in [7, 11) is 1.00. The predicted octanol–water partition coefficient (Wildman–Crippen LogP) is 4.32. The second-order valence-electron chi connectivity index (χ2n) is 4.23. The van der Waals surface area contributed by atoms with Crippen LogP contribution in [0.4, 0.5) is 0 Å². The van der Waals surface area contributed by atoms with Crippen molar-refractivity contribution in [1.29, 1.82) is 0 Å². The molecule has 0 radical (unpaired) electrons. The number of aliphatic hydroxyl groups is 1. The molecule has 2 rings (SSSR count). The third-order valence-corrected chi connectivity index (χ3v) is 3.69. The van der Waals surface area contributed by atoms with Crippen molar-refractivity contribution in [3.05, 3.63) is 27.7 Å². The van der Waals surface area contributed by atoms with Crippen molar-refractivity contribution in [3.8, 4) is 5.75 Å². The quantitative estimate of drug-likeness (QED) is 0.852. The highest BCUT2D eigenvalue weighted by Gasteiger charge is 2.13. The van der Waals surface area contributed by atoms with E-state index in [1.165, 1.54) is 25.3 Å². The second kappa shape index (κ2) is 11.2. The highest BCUT2D eigenvalue weighted by molar-refractivity contribution is 6.42. The Bertz CT molecular complexity index is 380. The molecule has 0 bridgehead atoms. The maximum Gasteiger partial charge on any atom is 0.121 e. The normalized spacial score (nSPS) is 14.7. The van der Waals surface area contributed by atoms with Crippen molar-refractivity contribution in [3.63, 3.8) is 0 Å². The van der Waals surface area contributed by atoms with E-state index >= 15 is 0 Å². The van der Waals surface area contributed by atoms with Crippen LogP contribution in [0.2, 0.25) is 10.0 Å². The smallest absolute Gasteiger partial charge is 0.121 e. The molecule has 0 aliphatic carbocycles. The van der Waals surface area contributed by atoms with Crippen LogP contribution in [0.15, 0.2) is 12.1 Å². The molecule has 0 spiro atoms. The Kier molecular flexibility index (Phi) is 10.9. The van der Waals surface area contributed by atoms with Crippen LogP contribution in [0.3, 0.4) is 0 Å². The van der Waals surface area contributed by atoms with E-state index in [-0.39, 0.29) is 5.75 Å². The van der Waals surface area contributed by atoms with E-state index in [4.69, 9.17) is 28.3 Å². The molecule has 1 fully saturated rings. The Morgan fingerprint density at radius 1 is 1.00 bits per heavy atom. The van der Waals surface area contributed by atoms with Crippen LogP contribution in [0, 0.1) is 0 Å². The summed E-state index contributed by atoms with van der Waals surface area (Å²) in [6.45, 7) is 6.95. The molecule has 1 aliphatic heterocycles. The van der Waals surface area contributed by atoms with Crippen molar-refractivity contribution in [1.82, 2.24) is 4.90 Å². The van der Waals surface area contributed by atoms with E-state index < -0.39 is 0 Å². The van der Waals surface area contributed by atoms with E-state index in [9.17, 15) is 5.11 Å². The number of hydrogen-bond donors (Lipinski definition) is 2. The first-order valence-electron chi connectivity index (χ1n) is 7.01. The van der Waals surface area contributed by atoms with Gasteiger partial charge in [0, 0.05) is 25.3 Å². The van der Waals surface area contributed by atoms with Crippen LogP contribution >= 0.6 is 23.2 Å². The Labute approximate surface area is 132 Å². The Morgan fingerprint density at radius 3 is 2.05 bits per heavy atom. The van der Waals surface area contributed by atoms with Gasteiger partial charge in [0.25, 0.3) is 0 Å². The molecule has 3 nitrogen and oxygen atoms in total. The summed E-state index contributed by atoms with van der Waals surface area (Å²) in [6, 6.07) is 3.27. The summed E-state index contributed by atoms with van der Waals surface area (Å²) in [5.41, 5.74) is 0.858. The van der Waals surface area contributed by atoms with Gasteiger partial charge in [-0.15, -0.1) is 0 Å². The number of aromatic hydroxyl groups is 1. The summed E-state index contributed by atoms with van der Waals surface area (Å²) < 4.78 is 0. The van der Waals surface area contributed by atoms with Crippen LogP contribution in [0.1, 0.15) is 38.7 Å². The molecule has 2 N–H and O–H groups in total.